The summed E-state index contributed by atoms with van der Waals surface area (Å²) in [5, 5.41) is 6.73. The molecule has 0 amide bonds. The van der Waals surface area contributed by atoms with E-state index in [1.807, 2.05) is 18.3 Å². The molecule has 2 aromatic rings. The van der Waals surface area contributed by atoms with Crippen LogP contribution in [-0.2, 0) is 12.8 Å². The van der Waals surface area contributed by atoms with Crippen molar-refractivity contribution in [2.45, 2.75) is 33.6 Å². The van der Waals surface area contributed by atoms with Crippen LogP contribution in [0.15, 0.2) is 59.7 Å². The van der Waals surface area contributed by atoms with Gasteiger partial charge in [-0.2, -0.15) is 0 Å². The number of hydrogen-bond acceptors (Lipinski definition) is 2. The number of hydrogen-bond donors (Lipinski definition) is 2. The van der Waals surface area contributed by atoms with Gasteiger partial charge in [-0.3, -0.25) is 9.98 Å². The van der Waals surface area contributed by atoms with E-state index in [0.29, 0.717) is 0 Å². The lowest BCUT2D eigenvalue weighted by molar-refractivity contribution is 0.377. The molecule has 1 aromatic heterocycles. The molecule has 2 rings (SSSR count). The zero-order chi connectivity index (χ0) is 18.0. The molecule has 0 aliphatic heterocycles. The van der Waals surface area contributed by atoms with Crippen LogP contribution in [0.5, 0.6) is 0 Å². The minimum atomic E-state index is 0. The highest BCUT2D eigenvalue weighted by molar-refractivity contribution is 14.0. The summed E-state index contributed by atoms with van der Waals surface area (Å²) in [4.78, 5) is 9.14. The summed E-state index contributed by atoms with van der Waals surface area (Å²) in [5.41, 5.74) is 2.57. The number of benzene rings is 1. The highest BCUT2D eigenvalue weighted by atomic mass is 127. The van der Waals surface area contributed by atoms with Crippen molar-refractivity contribution in [1.82, 2.24) is 15.6 Å². The first-order chi connectivity index (χ1) is 12.1. The number of halogens is 1. The summed E-state index contributed by atoms with van der Waals surface area (Å²) in [6.45, 7) is 9.07. The summed E-state index contributed by atoms with van der Waals surface area (Å²) < 4.78 is 0. The van der Waals surface area contributed by atoms with Crippen molar-refractivity contribution in [1.29, 1.82) is 0 Å². The summed E-state index contributed by atoms with van der Waals surface area (Å²) in [6.07, 6.45) is 3.74. The molecule has 0 atom stereocenters. The number of rotatable bonds is 8. The molecule has 0 fully saturated rings. The van der Waals surface area contributed by atoms with Crippen molar-refractivity contribution in [3.8, 4) is 0 Å². The summed E-state index contributed by atoms with van der Waals surface area (Å²) >= 11 is 0. The van der Waals surface area contributed by atoms with Crippen molar-refractivity contribution in [2.75, 3.05) is 19.6 Å². The largest absolute Gasteiger partial charge is 0.357 e. The molecule has 0 aliphatic carbocycles. The first-order valence-corrected chi connectivity index (χ1v) is 9.05. The van der Waals surface area contributed by atoms with E-state index in [-0.39, 0.29) is 29.4 Å². The molecule has 0 saturated carbocycles. The number of aromatic nitrogens is 1. The second-order valence-corrected chi connectivity index (χ2v) is 7.02. The molecule has 5 heteroatoms. The van der Waals surface area contributed by atoms with Crippen molar-refractivity contribution >= 4 is 29.9 Å². The van der Waals surface area contributed by atoms with Crippen molar-refractivity contribution < 1.29 is 0 Å². The molecule has 2 N–H and O–H groups in total. The van der Waals surface area contributed by atoms with Gasteiger partial charge in [0.25, 0.3) is 0 Å². The number of aliphatic imine (C=N–C) groups is 1. The summed E-state index contributed by atoms with van der Waals surface area (Å²) in [5.74, 6) is 0.875. The Labute approximate surface area is 174 Å². The van der Waals surface area contributed by atoms with Crippen LogP contribution >= 0.6 is 24.0 Å². The van der Waals surface area contributed by atoms with Crippen LogP contribution in [-0.4, -0.2) is 30.6 Å². The lowest BCUT2D eigenvalue weighted by Gasteiger charge is -2.23. The van der Waals surface area contributed by atoms with Gasteiger partial charge in [0, 0.05) is 37.9 Å². The van der Waals surface area contributed by atoms with Crippen LogP contribution in [0.25, 0.3) is 0 Å². The number of nitrogens with zero attached hydrogens (tertiary/aromatic N) is 2. The van der Waals surface area contributed by atoms with Gasteiger partial charge < -0.3 is 10.6 Å². The van der Waals surface area contributed by atoms with Crippen molar-refractivity contribution in [2.24, 2.45) is 10.4 Å². The van der Waals surface area contributed by atoms with Gasteiger partial charge in [-0.05, 0) is 36.5 Å². The second kappa shape index (κ2) is 11.9. The third-order valence-corrected chi connectivity index (χ3v) is 3.93. The monoisotopic (exact) mass is 466 g/mol. The Bertz CT molecular complexity index is 642. The maximum atomic E-state index is 4.79. The Balaban J connectivity index is 0.00000338. The molecule has 142 valence electrons. The molecular weight excluding hydrogens is 435 g/mol. The van der Waals surface area contributed by atoms with Crippen molar-refractivity contribution in [3.63, 3.8) is 0 Å². The summed E-state index contributed by atoms with van der Waals surface area (Å²) in [7, 11) is 0. The Morgan fingerprint density at radius 2 is 1.77 bits per heavy atom. The van der Waals surface area contributed by atoms with E-state index in [4.69, 9.17) is 4.99 Å². The van der Waals surface area contributed by atoms with Gasteiger partial charge in [-0.1, -0.05) is 50.2 Å². The predicted molar refractivity (Wildman–Crippen MR) is 121 cm³/mol. The van der Waals surface area contributed by atoms with Gasteiger partial charge in [-0.25, -0.2) is 0 Å². The normalized spacial score (nSPS) is 11.6. The standard InChI is InChI=1S/C21H30N4.HI/c1-4-22-20(24-15-13-19-12-8-9-14-23-19)25-17-21(2,3)16-18-10-6-5-7-11-18;/h5-12,14H,4,13,15-17H2,1-3H3,(H2,22,24,25);1H. The van der Waals surface area contributed by atoms with Crippen LogP contribution in [0.3, 0.4) is 0 Å². The Kier molecular flexibility index (Phi) is 10.2. The molecule has 0 spiro atoms. The van der Waals surface area contributed by atoms with Gasteiger partial charge in [0.1, 0.15) is 0 Å². The fourth-order valence-corrected chi connectivity index (χ4v) is 2.69. The second-order valence-electron chi connectivity index (χ2n) is 7.02. The first-order valence-electron chi connectivity index (χ1n) is 9.05. The molecule has 0 saturated heterocycles. The SMILES string of the molecule is CCNC(=NCC(C)(C)Cc1ccccc1)NCCc1ccccn1.I. The lowest BCUT2D eigenvalue weighted by atomic mass is 9.86. The first kappa shape index (κ1) is 22.4. The zero-order valence-corrected chi connectivity index (χ0v) is 18.4. The maximum absolute atomic E-state index is 4.79. The average Bonchev–Trinajstić information content (AvgIpc) is 2.61. The van der Waals surface area contributed by atoms with E-state index in [9.17, 15) is 0 Å². The fourth-order valence-electron chi connectivity index (χ4n) is 2.69. The van der Waals surface area contributed by atoms with E-state index in [2.05, 4.69) is 72.8 Å². The third kappa shape index (κ3) is 8.65. The fraction of sp³-hybridized carbons (Fsp3) is 0.429. The Hall–Kier alpha value is -1.63. The van der Waals surface area contributed by atoms with Gasteiger partial charge in [0.15, 0.2) is 5.96 Å². The van der Waals surface area contributed by atoms with Gasteiger partial charge in [0.2, 0.25) is 0 Å². The highest BCUT2D eigenvalue weighted by Crippen LogP contribution is 2.22. The third-order valence-electron chi connectivity index (χ3n) is 3.93. The lowest BCUT2D eigenvalue weighted by Crippen LogP contribution is -2.39. The van der Waals surface area contributed by atoms with Crippen molar-refractivity contribution in [3.05, 3.63) is 66.0 Å². The number of nitrogens with one attached hydrogen (secondary N) is 2. The van der Waals surface area contributed by atoms with Gasteiger partial charge >= 0.3 is 0 Å². The molecule has 0 aliphatic rings. The predicted octanol–water partition coefficient (Wildman–Crippen LogP) is 4.07. The van der Waals surface area contributed by atoms with E-state index < -0.39 is 0 Å². The average molecular weight is 466 g/mol. The number of guanidine groups is 1. The molecule has 1 aromatic carbocycles. The molecule has 26 heavy (non-hydrogen) atoms. The van der Waals surface area contributed by atoms with Crippen LogP contribution in [0.2, 0.25) is 0 Å². The molecular formula is C21H31IN4. The molecule has 4 nitrogen and oxygen atoms in total. The Morgan fingerprint density at radius 1 is 1.04 bits per heavy atom. The van der Waals surface area contributed by atoms with E-state index in [0.717, 1.165) is 44.1 Å². The molecule has 0 unspecified atom stereocenters. The zero-order valence-electron chi connectivity index (χ0n) is 16.0. The van der Waals surface area contributed by atoms with Crippen LogP contribution in [0.1, 0.15) is 32.0 Å². The van der Waals surface area contributed by atoms with E-state index in [1.54, 1.807) is 0 Å². The van der Waals surface area contributed by atoms with Gasteiger partial charge in [-0.15, -0.1) is 24.0 Å². The number of pyridine rings is 1. The maximum Gasteiger partial charge on any atom is 0.191 e. The minimum absolute atomic E-state index is 0. The van der Waals surface area contributed by atoms with Crippen LogP contribution < -0.4 is 10.6 Å². The van der Waals surface area contributed by atoms with Gasteiger partial charge in [0.05, 0.1) is 0 Å². The topological polar surface area (TPSA) is 49.3 Å². The summed E-state index contributed by atoms with van der Waals surface area (Å²) in [6, 6.07) is 16.6. The molecule has 1 heterocycles. The van der Waals surface area contributed by atoms with E-state index >= 15 is 0 Å². The Morgan fingerprint density at radius 3 is 2.42 bits per heavy atom. The minimum Gasteiger partial charge on any atom is -0.357 e. The van der Waals surface area contributed by atoms with Crippen LogP contribution in [0, 0.1) is 5.41 Å². The van der Waals surface area contributed by atoms with E-state index in [1.165, 1.54) is 5.56 Å². The quantitative estimate of drug-likeness (QED) is 0.351. The smallest absolute Gasteiger partial charge is 0.191 e. The highest BCUT2D eigenvalue weighted by Gasteiger charge is 2.18. The molecule has 0 radical (unpaired) electrons. The van der Waals surface area contributed by atoms with Crippen LogP contribution in [0.4, 0.5) is 0 Å². The molecule has 0 bridgehead atoms.